The lowest BCUT2D eigenvalue weighted by Crippen LogP contribution is -2.17. The van der Waals surface area contributed by atoms with Crippen molar-refractivity contribution in [1.82, 2.24) is 9.97 Å². The number of esters is 1. The Morgan fingerprint density at radius 2 is 1.79 bits per heavy atom. The maximum absolute atomic E-state index is 12.9. The molecular formula is C20H17FN4O3. The molecule has 0 atom stereocenters. The second-order valence-electron chi connectivity index (χ2n) is 5.76. The van der Waals surface area contributed by atoms with Crippen molar-refractivity contribution in [2.75, 3.05) is 17.7 Å². The number of para-hydroxylation sites is 1. The molecule has 0 unspecified atom stereocenters. The van der Waals surface area contributed by atoms with Gasteiger partial charge in [-0.1, -0.05) is 24.3 Å². The number of halogens is 1. The molecular weight excluding hydrogens is 363 g/mol. The van der Waals surface area contributed by atoms with Gasteiger partial charge in [0.1, 0.15) is 17.3 Å². The van der Waals surface area contributed by atoms with Gasteiger partial charge >= 0.3 is 5.97 Å². The van der Waals surface area contributed by atoms with Crippen molar-refractivity contribution < 1.29 is 18.7 Å². The van der Waals surface area contributed by atoms with Gasteiger partial charge in [0.25, 0.3) is 5.91 Å². The first kappa shape index (κ1) is 19.0. The second kappa shape index (κ2) is 8.72. The van der Waals surface area contributed by atoms with Gasteiger partial charge in [0.2, 0.25) is 0 Å². The number of aromatic nitrogens is 2. The summed E-state index contributed by atoms with van der Waals surface area (Å²) in [6.07, 6.45) is 2.74. The minimum atomic E-state index is -0.553. The lowest BCUT2D eigenvalue weighted by atomic mass is 10.1. The molecule has 1 heterocycles. The van der Waals surface area contributed by atoms with Crippen LogP contribution in [0.1, 0.15) is 26.4 Å². The lowest BCUT2D eigenvalue weighted by molar-refractivity contribution is 0.0602. The zero-order valence-electron chi connectivity index (χ0n) is 15.0. The molecule has 0 aliphatic carbocycles. The number of hydrogen-bond acceptors (Lipinski definition) is 6. The van der Waals surface area contributed by atoms with Crippen LogP contribution in [0.15, 0.2) is 60.9 Å². The van der Waals surface area contributed by atoms with E-state index < -0.39 is 11.9 Å². The number of ether oxygens (including phenoxy) is 1. The first-order chi connectivity index (χ1) is 13.6. The van der Waals surface area contributed by atoms with Crippen molar-refractivity contribution in [3.8, 4) is 0 Å². The number of anilines is 2. The standard InChI is InChI=1S/C20H17FN4O3/c1-28-20(27)15-4-2-3-5-16(15)25-19(26)17-11-24-18(12-22-17)23-10-13-6-8-14(21)9-7-13/h2-9,11-12H,10H2,1H3,(H,23,24)(H,25,26). The molecule has 1 amide bonds. The van der Waals surface area contributed by atoms with E-state index >= 15 is 0 Å². The molecule has 0 saturated carbocycles. The second-order valence-corrected chi connectivity index (χ2v) is 5.76. The minimum absolute atomic E-state index is 0.0898. The van der Waals surface area contributed by atoms with Crippen LogP contribution in [-0.4, -0.2) is 29.0 Å². The van der Waals surface area contributed by atoms with Crippen molar-refractivity contribution in [2.24, 2.45) is 0 Å². The summed E-state index contributed by atoms with van der Waals surface area (Å²) in [5, 5.41) is 5.67. The largest absolute Gasteiger partial charge is 0.465 e. The average molecular weight is 380 g/mol. The van der Waals surface area contributed by atoms with Crippen LogP contribution < -0.4 is 10.6 Å². The maximum Gasteiger partial charge on any atom is 0.339 e. The van der Waals surface area contributed by atoms with E-state index in [2.05, 4.69) is 20.6 Å². The first-order valence-corrected chi connectivity index (χ1v) is 8.36. The fourth-order valence-corrected chi connectivity index (χ4v) is 2.40. The number of carbonyl (C=O) groups is 2. The highest BCUT2D eigenvalue weighted by Crippen LogP contribution is 2.17. The molecule has 7 nitrogen and oxygen atoms in total. The normalized spacial score (nSPS) is 10.2. The van der Waals surface area contributed by atoms with Crippen LogP contribution in [0.3, 0.4) is 0 Å². The molecule has 2 aromatic carbocycles. The van der Waals surface area contributed by atoms with E-state index in [4.69, 9.17) is 4.74 Å². The Hall–Kier alpha value is -3.81. The number of nitrogens with zero attached hydrogens (tertiary/aromatic N) is 2. The van der Waals surface area contributed by atoms with Gasteiger partial charge in [-0.3, -0.25) is 4.79 Å². The van der Waals surface area contributed by atoms with Gasteiger partial charge in [0, 0.05) is 6.54 Å². The molecule has 3 aromatic rings. The molecule has 8 heteroatoms. The lowest BCUT2D eigenvalue weighted by Gasteiger charge is -2.09. The van der Waals surface area contributed by atoms with Crippen molar-refractivity contribution in [3.05, 3.63) is 83.6 Å². The van der Waals surface area contributed by atoms with E-state index in [0.717, 1.165) is 5.56 Å². The SMILES string of the molecule is COC(=O)c1ccccc1NC(=O)c1cnc(NCc2ccc(F)cc2)cn1. The third-order valence-electron chi connectivity index (χ3n) is 3.85. The summed E-state index contributed by atoms with van der Waals surface area (Å²) in [4.78, 5) is 32.4. The molecule has 28 heavy (non-hydrogen) atoms. The van der Waals surface area contributed by atoms with Gasteiger partial charge in [-0.2, -0.15) is 0 Å². The third kappa shape index (κ3) is 4.67. The number of methoxy groups -OCH3 is 1. The van der Waals surface area contributed by atoms with E-state index in [-0.39, 0.29) is 17.1 Å². The van der Waals surface area contributed by atoms with Crippen molar-refractivity contribution in [1.29, 1.82) is 0 Å². The zero-order valence-corrected chi connectivity index (χ0v) is 15.0. The Labute approximate surface area is 160 Å². The van der Waals surface area contributed by atoms with Gasteiger partial charge in [0.05, 0.1) is 30.8 Å². The smallest absolute Gasteiger partial charge is 0.339 e. The summed E-state index contributed by atoms with van der Waals surface area (Å²) in [7, 11) is 1.27. The van der Waals surface area contributed by atoms with Crippen LogP contribution in [0.5, 0.6) is 0 Å². The van der Waals surface area contributed by atoms with Crippen LogP contribution >= 0.6 is 0 Å². The monoisotopic (exact) mass is 380 g/mol. The quantitative estimate of drug-likeness (QED) is 0.638. The number of rotatable bonds is 6. The molecule has 0 spiro atoms. The molecule has 0 saturated heterocycles. The Balaban J connectivity index is 1.64. The summed E-state index contributed by atoms with van der Waals surface area (Å²) < 4.78 is 17.6. The highest BCUT2D eigenvalue weighted by atomic mass is 19.1. The van der Waals surface area contributed by atoms with Crippen molar-refractivity contribution >= 4 is 23.4 Å². The summed E-state index contributed by atoms with van der Waals surface area (Å²) >= 11 is 0. The maximum atomic E-state index is 12.9. The van der Waals surface area contributed by atoms with Gasteiger partial charge in [-0.05, 0) is 29.8 Å². The number of hydrogen-bond donors (Lipinski definition) is 2. The Morgan fingerprint density at radius 1 is 1.04 bits per heavy atom. The predicted octanol–water partition coefficient (Wildman–Crippen LogP) is 3.27. The molecule has 1 aromatic heterocycles. The van der Waals surface area contributed by atoms with Crippen LogP contribution in [0, 0.1) is 5.82 Å². The Kier molecular flexibility index (Phi) is 5.91. The molecule has 0 bridgehead atoms. The van der Waals surface area contributed by atoms with Crippen LogP contribution in [0.4, 0.5) is 15.9 Å². The topological polar surface area (TPSA) is 93.2 Å². The highest BCUT2D eigenvalue weighted by Gasteiger charge is 2.15. The first-order valence-electron chi connectivity index (χ1n) is 8.36. The van der Waals surface area contributed by atoms with Crippen molar-refractivity contribution in [2.45, 2.75) is 6.54 Å². The molecule has 0 aliphatic heterocycles. The molecule has 0 radical (unpaired) electrons. The number of nitrogens with one attached hydrogen (secondary N) is 2. The molecule has 142 valence electrons. The van der Waals surface area contributed by atoms with Gasteiger partial charge in [-0.15, -0.1) is 0 Å². The minimum Gasteiger partial charge on any atom is -0.465 e. The summed E-state index contributed by atoms with van der Waals surface area (Å²) in [6, 6.07) is 12.6. The fourth-order valence-electron chi connectivity index (χ4n) is 2.40. The van der Waals surface area contributed by atoms with E-state index in [0.29, 0.717) is 18.1 Å². The number of carbonyl (C=O) groups excluding carboxylic acids is 2. The number of benzene rings is 2. The van der Waals surface area contributed by atoms with E-state index in [1.807, 2.05) is 0 Å². The van der Waals surface area contributed by atoms with Gasteiger partial charge < -0.3 is 15.4 Å². The highest BCUT2D eigenvalue weighted by molar-refractivity contribution is 6.06. The third-order valence-corrected chi connectivity index (χ3v) is 3.85. The van der Waals surface area contributed by atoms with Crippen LogP contribution in [0.2, 0.25) is 0 Å². The van der Waals surface area contributed by atoms with Gasteiger partial charge in [-0.25, -0.2) is 19.2 Å². The molecule has 3 rings (SSSR count). The van der Waals surface area contributed by atoms with Crippen molar-refractivity contribution in [3.63, 3.8) is 0 Å². The Bertz CT molecular complexity index is 976. The van der Waals surface area contributed by atoms with E-state index in [1.54, 1.807) is 36.4 Å². The van der Waals surface area contributed by atoms with E-state index in [1.165, 1.54) is 31.6 Å². The van der Waals surface area contributed by atoms with Crippen LogP contribution in [0.25, 0.3) is 0 Å². The Morgan fingerprint density at radius 3 is 2.46 bits per heavy atom. The summed E-state index contributed by atoms with van der Waals surface area (Å²) in [5.41, 5.74) is 1.53. The summed E-state index contributed by atoms with van der Waals surface area (Å²) in [5.74, 6) is -0.889. The van der Waals surface area contributed by atoms with E-state index in [9.17, 15) is 14.0 Å². The summed E-state index contributed by atoms with van der Waals surface area (Å²) in [6.45, 7) is 0.438. The predicted molar refractivity (Wildman–Crippen MR) is 101 cm³/mol. The fraction of sp³-hybridized carbons (Fsp3) is 0.100. The average Bonchev–Trinajstić information content (AvgIpc) is 2.73. The molecule has 0 aliphatic rings. The zero-order chi connectivity index (χ0) is 19.9. The number of amides is 1. The molecule has 0 fully saturated rings. The van der Waals surface area contributed by atoms with Crippen LogP contribution in [-0.2, 0) is 11.3 Å². The van der Waals surface area contributed by atoms with Gasteiger partial charge in [0.15, 0.2) is 0 Å². The molecule has 2 N–H and O–H groups in total.